The van der Waals surface area contributed by atoms with Gasteiger partial charge in [-0.25, -0.2) is 0 Å². The molecule has 0 atom stereocenters. The Bertz CT molecular complexity index is 742. The van der Waals surface area contributed by atoms with Crippen molar-refractivity contribution in [3.8, 4) is 5.75 Å². The van der Waals surface area contributed by atoms with E-state index in [0.717, 1.165) is 12.3 Å². The second-order valence-electron chi connectivity index (χ2n) is 6.40. The molecule has 1 amide bonds. The average molecular weight is 324 g/mol. The van der Waals surface area contributed by atoms with Crippen LogP contribution in [-0.4, -0.2) is 37.6 Å². The maximum Gasteiger partial charge on any atom is 0.260 e. The first-order chi connectivity index (χ1) is 11.5. The lowest BCUT2D eigenvalue weighted by Crippen LogP contribution is -2.37. The van der Waals surface area contributed by atoms with E-state index in [2.05, 4.69) is 31.0 Å². The molecule has 3 rings (SSSR count). The average Bonchev–Trinajstić information content (AvgIpc) is 2.75. The fourth-order valence-corrected chi connectivity index (χ4v) is 2.95. The summed E-state index contributed by atoms with van der Waals surface area (Å²) >= 11 is 0. The predicted octanol–water partition coefficient (Wildman–Crippen LogP) is 3.16. The van der Waals surface area contributed by atoms with Crippen LogP contribution in [0.3, 0.4) is 0 Å². The van der Waals surface area contributed by atoms with Crippen molar-refractivity contribution in [2.75, 3.05) is 31.6 Å². The van der Waals surface area contributed by atoms with Gasteiger partial charge < -0.3 is 14.5 Å². The van der Waals surface area contributed by atoms with Crippen LogP contribution in [0.1, 0.15) is 16.7 Å². The molecule has 24 heavy (non-hydrogen) atoms. The zero-order valence-electron chi connectivity index (χ0n) is 14.6. The van der Waals surface area contributed by atoms with Gasteiger partial charge in [-0.1, -0.05) is 24.3 Å². The van der Waals surface area contributed by atoms with E-state index in [1.807, 2.05) is 42.2 Å². The van der Waals surface area contributed by atoms with Crippen molar-refractivity contribution in [1.29, 1.82) is 0 Å². The zero-order valence-corrected chi connectivity index (χ0v) is 14.6. The Kier molecular flexibility index (Phi) is 4.74. The van der Waals surface area contributed by atoms with Crippen LogP contribution >= 0.6 is 0 Å². The molecule has 0 N–H and O–H groups in total. The van der Waals surface area contributed by atoms with Crippen molar-refractivity contribution < 1.29 is 9.53 Å². The Labute approximate surface area is 143 Å². The summed E-state index contributed by atoms with van der Waals surface area (Å²) < 4.78 is 5.71. The molecule has 1 aliphatic rings. The number of hydrogen-bond donors (Lipinski definition) is 0. The number of amides is 1. The first-order valence-electron chi connectivity index (χ1n) is 8.31. The lowest BCUT2D eigenvalue weighted by Gasteiger charge is -2.21. The number of carbonyl (C=O) groups excluding carboxylic acids is 1. The summed E-state index contributed by atoms with van der Waals surface area (Å²) in [4.78, 5) is 16.7. The molecule has 0 saturated carbocycles. The van der Waals surface area contributed by atoms with E-state index in [-0.39, 0.29) is 12.5 Å². The number of aryl methyl sites for hydroxylation is 2. The van der Waals surface area contributed by atoms with Crippen LogP contribution in [0.15, 0.2) is 42.5 Å². The Morgan fingerprint density at radius 2 is 1.88 bits per heavy atom. The van der Waals surface area contributed by atoms with Gasteiger partial charge in [0.2, 0.25) is 0 Å². The van der Waals surface area contributed by atoms with Crippen LogP contribution in [0.2, 0.25) is 0 Å². The maximum absolute atomic E-state index is 12.6. The topological polar surface area (TPSA) is 32.8 Å². The van der Waals surface area contributed by atoms with Crippen molar-refractivity contribution in [2.24, 2.45) is 0 Å². The van der Waals surface area contributed by atoms with Gasteiger partial charge in [-0.15, -0.1) is 0 Å². The number of benzene rings is 2. The number of likely N-dealkylation sites (N-methyl/N-ethyl adjacent to an activating group) is 1. The molecule has 1 heterocycles. The molecule has 2 aromatic carbocycles. The SMILES string of the molecule is Cc1ccc(OCC(=O)N2CCN(C)c3ccccc3C2)cc1C. The van der Waals surface area contributed by atoms with E-state index in [1.54, 1.807) is 0 Å². The van der Waals surface area contributed by atoms with Gasteiger partial charge >= 0.3 is 0 Å². The third kappa shape index (κ3) is 3.53. The quantitative estimate of drug-likeness (QED) is 0.869. The monoisotopic (exact) mass is 324 g/mol. The zero-order chi connectivity index (χ0) is 17.1. The Hall–Kier alpha value is -2.49. The minimum Gasteiger partial charge on any atom is -0.484 e. The first kappa shape index (κ1) is 16.4. The molecule has 4 heteroatoms. The fourth-order valence-electron chi connectivity index (χ4n) is 2.95. The Morgan fingerprint density at radius 1 is 1.08 bits per heavy atom. The molecule has 0 spiro atoms. The molecule has 0 saturated heterocycles. The number of anilines is 1. The minimum atomic E-state index is 0.0262. The summed E-state index contributed by atoms with van der Waals surface area (Å²) in [6, 6.07) is 14.2. The van der Waals surface area contributed by atoms with Crippen molar-refractivity contribution in [1.82, 2.24) is 4.90 Å². The fraction of sp³-hybridized carbons (Fsp3) is 0.350. The predicted molar refractivity (Wildman–Crippen MR) is 96.5 cm³/mol. The number of para-hydroxylation sites is 1. The molecular formula is C20H24N2O2. The van der Waals surface area contributed by atoms with Gasteiger partial charge in [0.15, 0.2) is 6.61 Å². The van der Waals surface area contributed by atoms with Gasteiger partial charge in [-0.2, -0.15) is 0 Å². The minimum absolute atomic E-state index is 0.0262. The molecule has 0 fully saturated rings. The normalized spacial score (nSPS) is 14.1. The molecule has 126 valence electrons. The van der Waals surface area contributed by atoms with Gasteiger partial charge in [0.05, 0.1) is 0 Å². The van der Waals surface area contributed by atoms with E-state index >= 15 is 0 Å². The largest absolute Gasteiger partial charge is 0.484 e. The summed E-state index contributed by atoms with van der Waals surface area (Å²) in [5, 5.41) is 0. The highest BCUT2D eigenvalue weighted by Crippen LogP contribution is 2.24. The van der Waals surface area contributed by atoms with Crippen LogP contribution in [0.25, 0.3) is 0 Å². The second-order valence-corrected chi connectivity index (χ2v) is 6.40. The van der Waals surface area contributed by atoms with Crippen molar-refractivity contribution in [3.63, 3.8) is 0 Å². The van der Waals surface area contributed by atoms with Crippen LogP contribution < -0.4 is 9.64 Å². The molecule has 0 aliphatic carbocycles. The van der Waals surface area contributed by atoms with E-state index in [1.165, 1.54) is 22.4 Å². The highest BCUT2D eigenvalue weighted by molar-refractivity contribution is 5.78. The van der Waals surface area contributed by atoms with Crippen LogP contribution in [0, 0.1) is 13.8 Å². The highest BCUT2D eigenvalue weighted by atomic mass is 16.5. The summed E-state index contributed by atoms with van der Waals surface area (Å²) in [5.74, 6) is 0.775. The molecule has 4 nitrogen and oxygen atoms in total. The third-order valence-corrected chi connectivity index (χ3v) is 4.66. The van der Waals surface area contributed by atoms with Gasteiger partial charge in [0.1, 0.15) is 5.75 Å². The molecule has 1 aliphatic heterocycles. The Balaban J connectivity index is 1.66. The standard InChI is InChI=1S/C20H24N2O2/c1-15-8-9-18(12-16(15)2)24-14-20(23)22-11-10-21(3)19-7-5-4-6-17(19)13-22/h4-9,12H,10-11,13-14H2,1-3H3. The molecule has 2 aromatic rings. The van der Waals surface area contributed by atoms with Crippen molar-refractivity contribution in [2.45, 2.75) is 20.4 Å². The summed E-state index contributed by atoms with van der Waals surface area (Å²) in [6.07, 6.45) is 0. The summed E-state index contributed by atoms with van der Waals surface area (Å²) in [7, 11) is 2.07. The summed E-state index contributed by atoms with van der Waals surface area (Å²) in [6.45, 7) is 6.36. The van der Waals surface area contributed by atoms with Crippen molar-refractivity contribution in [3.05, 3.63) is 59.2 Å². The van der Waals surface area contributed by atoms with Gasteiger partial charge in [-0.05, 0) is 48.7 Å². The van der Waals surface area contributed by atoms with Gasteiger partial charge in [0, 0.05) is 32.4 Å². The van der Waals surface area contributed by atoms with E-state index in [4.69, 9.17) is 4.74 Å². The first-order valence-corrected chi connectivity index (χ1v) is 8.31. The number of fused-ring (bicyclic) bond motifs is 1. The van der Waals surface area contributed by atoms with Gasteiger partial charge in [-0.3, -0.25) is 4.79 Å². The number of rotatable bonds is 3. The lowest BCUT2D eigenvalue weighted by molar-refractivity contribution is -0.133. The smallest absolute Gasteiger partial charge is 0.260 e. The number of ether oxygens (including phenoxy) is 1. The number of carbonyl (C=O) groups is 1. The van der Waals surface area contributed by atoms with E-state index in [0.29, 0.717) is 13.1 Å². The Morgan fingerprint density at radius 3 is 2.67 bits per heavy atom. The molecule has 0 unspecified atom stereocenters. The lowest BCUT2D eigenvalue weighted by atomic mass is 10.1. The third-order valence-electron chi connectivity index (χ3n) is 4.66. The number of nitrogens with zero attached hydrogens (tertiary/aromatic N) is 2. The maximum atomic E-state index is 12.6. The molecular weight excluding hydrogens is 300 g/mol. The number of hydrogen-bond acceptors (Lipinski definition) is 3. The van der Waals surface area contributed by atoms with Crippen LogP contribution in [-0.2, 0) is 11.3 Å². The highest BCUT2D eigenvalue weighted by Gasteiger charge is 2.21. The van der Waals surface area contributed by atoms with Gasteiger partial charge in [0.25, 0.3) is 5.91 Å². The van der Waals surface area contributed by atoms with E-state index < -0.39 is 0 Å². The summed E-state index contributed by atoms with van der Waals surface area (Å²) in [5.41, 5.74) is 4.77. The van der Waals surface area contributed by atoms with Crippen LogP contribution in [0.4, 0.5) is 5.69 Å². The molecule has 0 bridgehead atoms. The second kappa shape index (κ2) is 6.95. The molecule has 0 aromatic heterocycles. The van der Waals surface area contributed by atoms with Crippen molar-refractivity contribution >= 4 is 11.6 Å². The van der Waals surface area contributed by atoms with E-state index in [9.17, 15) is 4.79 Å². The van der Waals surface area contributed by atoms with Crippen LogP contribution in [0.5, 0.6) is 5.75 Å². The molecule has 0 radical (unpaired) electrons.